The number of alkyl carbamates (subject to hydrolysis) is 1. The molecule has 0 bridgehead atoms. The summed E-state index contributed by atoms with van der Waals surface area (Å²) in [6, 6.07) is 9.54. The lowest BCUT2D eigenvalue weighted by Gasteiger charge is -2.24. The minimum Gasteiger partial charge on any atom is -0.425 e. The Labute approximate surface area is 225 Å². The second kappa shape index (κ2) is 10.8. The molecule has 3 heterocycles. The molecule has 0 radical (unpaired) electrons. The lowest BCUT2D eigenvalue weighted by atomic mass is 10.1. The van der Waals surface area contributed by atoms with Crippen LogP contribution in [0, 0.1) is 5.82 Å². The zero-order valence-electron chi connectivity index (χ0n) is 20.5. The third-order valence-electron chi connectivity index (χ3n) is 6.39. The number of tetrazole rings is 1. The highest BCUT2D eigenvalue weighted by molar-refractivity contribution is 6.30. The molecular formula is C25H22ClF2N7O4. The minimum absolute atomic E-state index is 0.0922. The number of fused-ring (bicyclic) bond motifs is 1. The summed E-state index contributed by atoms with van der Waals surface area (Å²) in [5.74, 6) is -1.06. The number of likely N-dealkylation sites (tertiary alicyclic amines) is 1. The molecule has 1 aliphatic rings. The van der Waals surface area contributed by atoms with Crippen molar-refractivity contribution < 1.29 is 27.9 Å². The van der Waals surface area contributed by atoms with Crippen LogP contribution in [0.25, 0.3) is 22.3 Å². The number of carbonyl (C=O) groups excluding carboxylic acids is 3. The fourth-order valence-electron chi connectivity index (χ4n) is 4.51. The van der Waals surface area contributed by atoms with E-state index in [1.54, 1.807) is 29.0 Å². The lowest BCUT2D eigenvalue weighted by Crippen LogP contribution is -2.42. The SMILES string of the molecule is CC(=O)c1cn(CC(=O)N2C[C@H](F)C[C@@H]2OC(=O)NCc2cccc(Cl)c2F)c2cc(-c3nn[nH]n3)ccc12. The number of nitrogens with zero attached hydrogens (tertiary/aromatic N) is 5. The van der Waals surface area contributed by atoms with Gasteiger partial charge in [0.15, 0.2) is 12.0 Å². The van der Waals surface area contributed by atoms with Crippen molar-refractivity contribution in [3.63, 3.8) is 0 Å². The molecule has 5 rings (SSSR count). The third-order valence-corrected chi connectivity index (χ3v) is 6.68. The molecule has 1 saturated heterocycles. The Balaban J connectivity index is 1.32. The fraction of sp³-hybridized carbons (Fsp3) is 0.280. The molecule has 202 valence electrons. The molecule has 0 aliphatic carbocycles. The van der Waals surface area contributed by atoms with Crippen molar-refractivity contribution in [2.24, 2.45) is 0 Å². The minimum atomic E-state index is -1.41. The molecule has 2 aromatic carbocycles. The van der Waals surface area contributed by atoms with Gasteiger partial charge < -0.3 is 19.5 Å². The number of halogens is 3. The molecule has 0 saturated carbocycles. The molecule has 1 fully saturated rings. The average Bonchev–Trinajstić information content (AvgIpc) is 3.64. The number of carbonyl (C=O) groups is 3. The van der Waals surface area contributed by atoms with Crippen LogP contribution in [-0.2, 0) is 22.6 Å². The fourth-order valence-corrected chi connectivity index (χ4v) is 4.70. The van der Waals surface area contributed by atoms with Crippen molar-refractivity contribution in [3.05, 3.63) is 64.6 Å². The monoisotopic (exact) mass is 557 g/mol. The van der Waals surface area contributed by atoms with Crippen LogP contribution in [0.3, 0.4) is 0 Å². The molecule has 39 heavy (non-hydrogen) atoms. The van der Waals surface area contributed by atoms with E-state index in [0.29, 0.717) is 27.9 Å². The zero-order chi connectivity index (χ0) is 27.7. The molecule has 2 N–H and O–H groups in total. The van der Waals surface area contributed by atoms with Gasteiger partial charge in [-0.25, -0.2) is 13.6 Å². The Morgan fingerprint density at radius 3 is 2.82 bits per heavy atom. The number of H-pyrrole nitrogens is 1. The number of nitrogens with one attached hydrogen (secondary N) is 2. The summed E-state index contributed by atoms with van der Waals surface area (Å²) in [5.41, 5.74) is 1.72. The van der Waals surface area contributed by atoms with E-state index < -0.39 is 30.2 Å². The van der Waals surface area contributed by atoms with Crippen molar-refractivity contribution in [2.75, 3.05) is 6.54 Å². The van der Waals surface area contributed by atoms with E-state index in [1.165, 1.54) is 25.1 Å². The topological polar surface area (TPSA) is 135 Å². The number of alkyl halides is 1. The highest BCUT2D eigenvalue weighted by atomic mass is 35.5. The number of ether oxygens (including phenoxy) is 1. The van der Waals surface area contributed by atoms with E-state index >= 15 is 0 Å². The van der Waals surface area contributed by atoms with Crippen LogP contribution in [0.1, 0.15) is 29.3 Å². The molecule has 2 aromatic heterocycles. The third kappa shape index (κ3) is 5.43. The molecule has 1 aliphatic heterocycles. The van der Waals surface area contributed by atoms with Crippen molar-refractivity contribution in [3.8, 4) is 11.4 Å². The van der Waals surface area contributed by atoms with Gasteiger partial charge in [0, 0.05) is 46.8 Å². The van der Waals surface area contributed by atoms with Gasteiger partial charge in [-0.15, -0.1) is 10.2 Å². The van der Waals surface area contributed by atoms with E-state index in [-0.39, 0.29) is 42.4 Å². The summed E-state index contributed by atoms with van der Waals surface area (Å²) in [7, 11) is 0. The van der Waals surface area contributed by atoms with Crippen molar-refractivity contribution >= 4 is 40.3 Å². The number of Topliss-reactive ketones (excluding diaryl/α,β-unsaturated/α-hetero) is 1. The number of aromatic amines is 1. The molecule has 0 unspecified atom stereocenters. The summed E-state index contributed by atoms with van der Waals surface area (Å²) >= 11 is 5.76. The number of benzene rings is 2. The predicted molar refractivity (Wildman–Crippen MR) is 135 cm³/mol. The number of amides is 2. The van der Waals surface area contributed by atoms with Gasteiger partial charge in [0.2, 0.25) is 11.7 Å². The van der Waals surface area contributed by atoms with E-state index in [2.05, 4.69) is 25.9 Å². The summed E-state index contributed by atoms with van der Waals surface area (Å²) < 4.78 is 35.3. The van der Waals surface area contributed by atoms with Crippen LogP contribution >= 0.6 is 11.6 Å². The summed E-state index contributed by atoms with van der Waals surface area (Å²) in [4.78, 5) is 39.1. The van der Waals surface area contributed by atoms with E-state index in [4.69, 9.17) is 16.3 Å². The van der Waals surface area contributed by atoms with Crippen LogP contribution in [0.15, 0.2) is 42.6 Å². The Kier molecular flexibility index (Phi) is 7.24. The van der Waals surface area contributed by atoms with Gasteiger partial charge in [0.05, 0.1) is 11.6 Å². The van der Waals surface area contributed by atoms with Crippen LogP contribution in [-0.4, -0.2) is 66.8 Å². The number of ketones is 1. The first-order valence-corrected chi connectivity index (χ1v) is 12.3. The normalized spacial score (nSPS) is 17.0. The first-order chi connectivity index (χ1) is 18.7. The van der Waals surface area contributed by atoms with Crippen LogP contribution < -0.4 is 5.32 Å². The maximum absolute atomic E-state index is 14.4. The Morgan fingerprint density at radius 1 is 1.26 bits per heavy atom. The first kappa shape index (κ1) is 26.2. The quantitative estimate of drug-likeness (QED) is 0.331. The smallest absolute Gasteiger partial charge is 0.409 e. The number of aromatic nitrogens is 5. The van der Waals surface area contributed by atoms with Gasteiger partial charge in [0.25, 0.3) is 0 Å². The predicted octanol–water partition coefficient (Wildman–Crippen LogP) is 3.64. The molecule has 14 heteroatoms. The average molecular weight is 558 g/mol. The first-order valence-electron chi connectivity index (χ1n) is 11.9. The van der Waals surface area contributed by atoms with E-state index in [1.807, 2.05) is 0 Å². The Hall–Kier alpha value is -4.39. The van der Waals surface area contributed by atoms with Crippen molar-refractivity contribution in [1.82, 2.24) is 35.4 Å². The highest BCUT2D eigenvalue weighted by Gasteiger charge is 2.38. The number of hydrogen-bond donors (Lipinski definition) is 2. The van der Waals surface area contributed by atoms with Crippen molar-refractivity contribution in [2.45, 2.75) is 38.8 Å². The zero-order valence-corrected chi connectivity index (χ0v) is 21.3. The van der Waals surface area contributed by atoms with Crippen molar-refractivity contribution in [1.29, 1.82) is 0 Å². The number of hydrogen-bond acceptors (Lipinski definition) is 7. The van der Waals surface area contributed by atoms with Crippen LogP contribution in [0.2, 0.25) is 5.02 Å². The Bertz CT molecular complexity index is 1560. The summed E-state index contributed by atoms with van der Waals surface area (Å²) in [6.07, 6.45) is -2.17. The van der Waals surface area contributed by atoms with Gasteiger partial charge in [-0.3, -0.25) is 9.59 Å². The standard InChI is InChI=1S/C25H22ClF2N7O4/c1-13(36)18-11-34(20-7-14(5-6-17(18)20)24-30-32-33-31-24)12-21(37)35-10-16(27)8-22(35)39-25(38)29-9-15-3-2-4-19(26)23(15)28/h2-7,11,16,22H,8-10,12H2,1H3,(H,29,38)(H,30,31,32,33)/t16-,22+/m1/s1. The van der Waals surface area contributed by atoms with Crippen LogP contribution in [0.5, 0.6) is 0 Å². The molecule has 11 nitrogen and oxygen atoms in total. The van der Waals surface area contributed by atoms with Gasteiger partial charge in [-0.05, 0) is 24.3 Å². The maximum atomic E-state index is 14.4. The Morgan fingerprint density at radius 2 is 2.08 bits per heavy atom. The second-order valence-corrected chi connectivity index (χ2v) is 9.41. The molecule has 0 spiro atoms. The second-order valence-electron chi connectivity index (χ2n) is 9.00. The molecule has 2 amide bonds. The van der Waals surface area contributed by atoms with Gasteiger partial charge >= 0.3 is 6.09 Å². The molecule has 2 atom stereocenters. The van der Waals surface area contributed by atoms with Gasteiger partial charge in [-0.1, -0.05) is 35.9 Å². The van der Waals surface area contributed by atoms with Gasteiger partial charge in [0.1, 0.15) is 18.5 Å². The molecule has 4 aromatic rings. The van der Waals surface area contributed by atoms with Gasteiger partial charge in [-0.2, -0.15) is 5.21 Å². The molecular weight excluding hydrogens is 536 g/mol. The largest absolute Gasteiger partial charge is 0.425 e. The summed E-state index contributed by atoms with van der Waals surface area (Å²) in [6.45, 7) is 0.685. The number of rotatable bonds is 7. The van der Waals surface area contributed by atoms with E-state index in [9.17, 15) is 23.2 Å². The summed E-state index contributed by atoms with van der Waals surface area (Å²) in [5, 5.41) is 16.8. The maximum Gasteiger partial charge on any atom is 0.409 e. The highest BCUT2D eigenvalue weighted by Crippen LogP contribution is 2.28. The lowest BCUT2D eigenvalue weighted by molar-refractivity contribution is -0.138. The van der Waals surface area contributed by atoms with E-state index in [0.717, 1.165) is 4.90 Å². The van der Waals surface area contributed by atoms with Crippen LogP contribution in [0.4, 0.5) is 13.6 Å².